The SMILES string of the molecule is CN=C(NCCCOCC1CC1)N1CCN(c2ccccc2O)CC1. The molecule has 0 unspecified atom stereocenters. The summed E-state index contributed by atoms with van der Waals surface area (Å²) in [6, 6.07) is 7.54. The van der Waals surface area contributed by atoms with Gasteiger partial charge in [-0.25, -0.2) is 0 Å². The molecule has 0 spiro atoms. The van der Waals surface area contributed by atoms with Crippen LogP contribution in [-0.2, 0) is 4.74 Å². The predicted molar refractivity (Wildman–Crippen MR) is 101 cm³/mol. The molecule has 6 nitrogen and oxygen atoms in total. The van der Waals surface area contributed by atoms with Gasteiger partial charge >= 0.3 is 0 Å². The molecule has 1 aliphatic carbocycles. The van der Waals surface area contributed by atoms with Crippen molar-refractivity contribution in [2.75, 3.05) is 57.9 Å². The van der Waals surface area contributed by atoms with Crippen LogP contribution in [0.15, 0.2) is 29.3 Å². The van der Waals surface area contributed by atoms with E-state index in [2.05, 4.69) is 20.1 Å². The Kier molecular flexibility index (Phi) is 6.39. The predicted octanol–water partition coefficient (Wildman–Crippen LogP) is 1.91. The molecule has 1 saturated heterocycles. The Hall–Kier alpha value is -1.95. The number of rotatable bonds is 7. The molecule has 1 aromatic rings. The summed E-state index contributed by atoms with van der Waals surface area (Å²) < 4.78 is 5.67. The summed E-state index contributed by atoms with van der Waals surface area (Å²) >= 11 is 0. The molecule has 1 aliphatic heterocycles. The first-order chi connectivity index (χ1) is 12.3. The average molecular weight is 346 g/mol. The number of anilines is 1. The first-order valence-electron chi connectivity index (χ1n) is 9.34. The molecule has 25 heavy (non-hydrogen) atoms. The van der Waals surface area contributed by atoms with E-state index in [-0.39, 0.29) is 0 Å². The Bertz CT molecular complexity index is 566. The molecule has 0 bridgehead atoms. The van der Waals surface area contributed by atoms with Crippen LogP contribution in [0.2, 0.25) is 0 Å². The molecule has 0 aromatic heterocycles. The van der Waals surface area contributed by atoms with Crippen LogP contribution in [0.25, 0.3) is 0 Å². The average Bonchev–Trinajstić information content (AvgIpc) is 3.46. The van der Waals surface area contributed by atoms with Gasteiger partial charge < -0.3 is 25.0 Å². The van der Waals surface area contributed by atoms with E-state index in [1.807, 2.05) is 25.2 Å². The zero-order chi connectivity index (χ0) is 17.5. The fraction of sp³-hybridized carbons (Fsp3) is 0.632. The van der Waals surface area contributed by atoms with E-state index in [1.165, 1.54) is 12.8 Å². The molecule has 0 atom stereocenters. The highest BCUT2D eigenvalue weighted by atomic mass is 16.5. The molecular weight excluding hydrogens is 316 g/mol. The highest BCUT2D eigenvalue weighted by molar-refractivity contribution is 5.80. The molecule has 0 amide bonds. The molecule has 6 heteroatoms. The van der Waals surface area contributed by atoms with Crippen LogP contribution in [0, 0.1) is 5.92 Å². The monoisotopic (exact) mass is 346 g/mol. The van der Waals surface area contributed by atoms with Gasteiger partial charge in [-0.2, -0.15) is 0 Å². The normalized spacial score (nSPS) is 18.5. The van der Waals surface area contributed by atoms with Gasteiger partial charge in [-0.15, -0.1) is 0 Å². The summed E-state index contributed by atoms with van der Waals surface area (Å²) in [5, 5.41) is 13.4. The van der Waals surface area contributed by atoms with Crippen molar-refractivity contribution in [1.29, 1.82) is 0 Å². The van der Waals surface area contributed by atoms with Crippen LogP contribution in [-0.4, -0.2) is 69.0 Å². The van der Waals surface area contributed by atoms with E-state index < -0.39 is 0 Å². The fourth-order valence-corrected chi connectivity index (χ4v) is 3.13. The fourth-order valence-electron chi connectivity index (χ4n) is 3.13. The topological polar surface area (TPSA) is 60.3 Å². The Morgan fingerprint density at radius 2 is 2.00 bits per heavy atom. The summed E-state index contributed by atoms with van der Waals surface area (Å²) in [4.78, 5) is 8.91. The standard InChI is InChI=1S/C19H30N4O2/c1-20-19(21-9-4-14-25-15-16-7-8-16)23-12-10-22(11-13-23)17-5-2-3-6-18(17)24/h2-3,5-6,16,24H,4,7-15H2,1H3,(H,20,21). The maximum absolute atomic E-state index is 10.0. The number of ether oxygens (including phenoxy) is 1. The number of hydrogen-bond acceptors (Lipinski definition) is 4. The number of aromatic hydroxyl groups is 1. The number of benzene rings is 1. The largest absolute Gasteiger partial charge is 0.506 e. The summed E-state index contributed by atoms with van der Waals surface area (Å²) in [7, 11) is 1.83. The lowest BCUT2D eigenvalue weighted by Crippen LogP contribution is -2.52. The van der Waals surface area contributed by atoms with Crippen molar-refractivity contribution in [3.05, 3.63) is 24.3 Å². The molecule has 138 valence electrons. The van der Waals surface area contributed by atoms with Gasteiger partial charge in [-0.1, -0.05) is 12.1 Å². The van der Waals surface area contributed by atoms with E-state index in [9.17, 15) is 5.11 Å². The molecular formula is C19H30N4O2. The summed E-state index contributed by atoms with van der Waals surface area (Å²) in [6.45, 7) is 6.19. The number of phenolic OH excluding ortho intramolecular Hbond substituents is 1. The molecule has 1 saturated carbocycles. The number of nitrogens with zero attached hydrogens (tertiary/aromatic N) is 3. The lowest BCUT2D eigenvalue weighted by molar-refractivity contribution is 0.122. The number of piperazine rings is 1. The smallest absolute Gasteiger partial charge is 0.193 e. The second-order valence-electron chi connectivity index (χ2n) is 6.81. The van der Waals surface area contributed by atoms with Gasteiger partial charge in [-0.3, -0.25) is 4.99 Å². The Morgan fingerprint density at radius 3 is 2.68 bits per heavy atom. The van der Waals surface area contributed by atoms with Crippen molar-refractivity contribution in [2.24, 2.45) is 10.9 Å². The van der Waals surface area contributed by atoms with Gasteiger partial charge in [-0.05, 0) is 37.3 Å². The highest BCUT2D eigenvalue weighted by Crippen LogP contribution is 2.28. The van der Waals surface area contributed by atoms with Gasteiger partial charge in [0.2, 0.25) is 0 Å². The molecule has 1 aromatic carbocycles. The molecule has 1 heterocycles. The summed E-state index contributed by atoms with van der Waals surface area (Å²) in [6.07, 6.45) is 3.69. The Morgan fingerprint density at radius 1 is 1.24 bits per heavy atom. The van der Waals surface area contributed by atoms with Crippen LogP contribution >= 0.6 is 0 Å². The first kappa shape index (κ1) is 17.9. The maximum atomic E-state index is 10.0. The van der Waals surface area contributed by atoms with Crippen molar-refractivity contribution in [3.63, 3.8) is 0 Å². The van der Waals surface area contributed by atoms with E-state index in [0.29, 0.717) is 5.75 Å². The lowest BCUT2D eigenvalue weighted by atomic mass is 10.2. The molecule has 2 aliphatic rings. The minimum Gasteiger partial charge on any atom is -0.506 e. The number of aliphatic imine (C=N–C) groups is 1. The van der Waals surface area contributed by atoms with Crippen LogP contribution in [0.4, 0.5) is 5.69 Å². The van der Waals surface area contributed by atoms with Crippen LogP contribution < -0.4 is 10.2 Å². The molecule has 2 fully saturated rings. The Balaban J connectivity index is 1.37. The number of nitrogens with one attached hydrogen (secondary N) is 1. The summed E-state index contributed by atoms with van der Waals surface area (Å²) in [5.41, 5.74) is 0.915. The van der Waals surface area contributed by atoms with Gasteiger partial charge in [0.1, 0.15) is 5.75 Å². The van der Waals surface area contributed by atoms with E-state index in [4.69, 9.17) is 4.74 Å². The second kappa shape index (κ2) is 8.94. The van der Waals surface area contributed by atoms with E-state index in [0.717, 1.165) is 69.9 Å². The lowest BCUT2D eigenvalue weighted by Gasteiger charge is -2.37. The summed E-state index contributed by atoms with van der Waals surface area (Å²) in [5.74, 6) is 2.14. The quantitative estimate of drug-likeness (QED) is 0.449. The van der Waals surface area contributed by atoms with Crippen molar-refractivity contribution in [1.82, 2.24) is 10.2 Å². The van der Waals surface area contributed by atoms with E-state index >= 15 is 0 Å². The number of guanidine groups is 1. The van der Waals surface area contributed by atoms with Gasteiger partial charge in [0.05, 0.1) is 5.69 Å². The third-order valence-electron chi connectivity index (χ3n) is 4.81. The number of hydrogen-bond donors (Lipinski definition) is 2. The third-order valence-corrected chi connectivity index (χ3v) is 4.81. The van der Waals surface area contributed by atoms with Crippen LogP contribution in [0.1, 0.15) is 19.3 Å². The first-order valence-corrected chi connectivity index (χ1v) is 9.34. The Labute approximate surface area is 150 Å². The third kappa shape index (κ3) is 5.26. The van der Waals surface area contributed by atoms with Crippen molar-refractivity contribution < 1.29 is 9.84 Å². The molecule has 2 N–H and O–H groups in total. The minimum absolute atomic E-state index is 0.352. The zero-order valence-corrected chi connectivity index (χ0v) is 15.2. The van der Waals surface area contributed by atoms with Crippen molar-refractivity contribution in [2.45, 2.75) is 19.3 Å². The second-order valence-corrected chi connectivity index (χ2v) is 6.81. The minimum atomic E-state index is 0.352. The van der Waals surface area contributed by atoms with Gasteiger partial charge in [0.15, 0.2) is 5.96 Å². The molecule has 0 radical (unpaired) electrons. The van der Waals surface area contributed by atoms with E-state index in [1.54, 1.807) is 6.07 Å². The molecule has 3 rings (SSSR count). The van der Waals surface area contributed by atoms with Gasteiger partial charge in [0.25, 0.3) is 0 Å². The zero-order valence-electron chi connectivity index (χ0n) is 15.2. The van der Waals surface area contributed by atoms with Crippen molar-refractivity contribution in [3.8, 4) is 5.75 Å². The number of para-hydroxylation sites is 2. The number of phenols is 1. The highest BCUT2D eigenvalue weighted by Gasteiger charge is 2.22. The van der Waals surface area contributed by atoms with Crippen molar-refractivity contribution >= 4 is 11.6 Å². The van der Waals surface area contributed by atoms with Crippen LogP contribution in [0.5, 0.6) is 5.75 Å². The van der Waals surface area contributed by atoms with Crippen LogP contribution in [0.3, 0.4) is 0 Å². The maximum Gasteiger partial charge on any atom is 0.193 e. The van der Waals surface area contributed by atoms with Gasteiger partial charge in [0, 0.05) is 53.0 Å².